The predicted octanol–water partition coefficient (Wildman–Crippen LogP) is 2.06. The molecule has 102 valence electrons. The maximum Gasteiger partial charge on any atom is 0.335 e. The Morgan fingerprint density at radius 2 is 1.50 bits per heavy atom. The van der Waals surface area contributed by atoms with Gasteiger partial charge in [-0.05, 0) is 42.0 Å². The van der Waals surface area contributed by atoms with Gasteiger partial charge >= 0.3 is 5.97 Å². The van der Waals surface area contributed by atoms with E-state index in [-0.39, 0.29) is 5.56 Å². The van der Waals surface area contributed by atoms with Crippen molar-refractivity contribution in [3.8, 4) is 5.75 Å². The van der Waals surface area contributed by atoms with Gasteiger partial charge in [-0.15, -0.1) is 0 Å². The third-order valence-electron chi connectivity index (χ3n) is 2.75. The van der Waals surface area contributed by atoms with E-state index in [4.69, 9.17) is 15.6 Å². The second kappa shape index (κ2) is 5.88. The van der Waals surface area contributed by atoms with Crippen molar-refractivity contribution in [2.45, 2.75) is 6.61 Å². The Balaban J connectivity index is 1.97. The molecule has 0 aliphatic heterocycles. The molecule has 20 heavy (non-hydrogen) atoms. The van der Waals surface area contributed by atoms with E-state index in [9.17, 15) is 9.59 Å². The third kappa shape index (κ3) is 3.35. The third-order valence-corrected chi connectivity index (χ3v) is 2.75. The molecule has 1 amide bonds. The molecular formula is C15H13NO4. The van der Waals surface area contributed by atoms with E-state index in [2.05, 4.69) is 0 Å². The predicted molar refractivity (Wildman–Crippen MR) is 72.7 cm³/mol. The number of benzene rings is 2. The zero-order valence-electron chi connectivity index (χ0n) is 10.6. The summed E-state index contributed by atoms with van der Waals surface area (Å²) in [6.45, 7) is 0.325. The van der Waals surface area contributed by atoms with Gasteiger partial charge in [-0.2, -0.15) is 0 Å². The van der Waals surface area contributed by atoms with Crippen LogP contribution in [0.2, 0.25) is 0 Å². The van der Waals surface area contributed by atoms with Gasteiger partial charge in [0.05, 0.1) is 5.56 Å². The topological polar surface area (TPSA) is 89.6 Å². The van der Waals surface area contributed by atoms with Gasteiger partial charge in [0.15, 0.2) is 0 Å². The van der Waals surface area contributed by atoms with Crippen molar-refractivity contribution in [2.24, 2.45) is 5.73 Å². The van der Waals surface area contributed by atoms with Crippen molar-refractivity contribution < 1.29 is 19.4 Å². The SMILES string of the molecule is NC(=O)c1ccc(COc2ccc(C(=O)O)cc2)cc1. The molecule has 0 atom stereocenters. The van der Waals surface area contributed by atoms with E-state index in [0.717, 1.165) is 5.56 Å². The first kappa shape index (κ1) is 13.6. The van der Waals surface area contributed by atoms with Crippen LogP contribution in [0.3, 0.4) is 0 Å². The zero-order chi connectivity index (χ0) is 14.5. The first-order chi connectivity index (χ1) is 9.56. The Morgan fingerprint density at radius 1 is 0.950 bits per heavy atom. The van der Waals surface area contributed by atoms with Crippen molar-refractivity contribution >= 4 is 11.9 Å². The maximum absolute atomic E-state index is 10.9. The van der Waals surface area contributed by atoms with Crippen LogP contribution in [0.4, 0.5) is 0 Å². The first-order valence-electron chi connectivity index (χ1n) is 5.91. The number of carbonyl (C=O) groups excluding carboxylic acids is 1. The van der Waals surface area contributed by atoms with E-state index < -0.39 is 11.9 Å². The Bertz CT molecular complexity index is 560. The summed E-state index contributed by atoms with van der Waals surface area (Å²) < 4.78 is 5.52. The fourth-order valence-corrected chi connectivity index (χ4v) is 1.63. The van der Waals surface area contributed by atoms with Gasteiger partial charge in [0, 0.05) is 5.56 Å². The summed E-state index contributed by atoms with van der Waals surface area (Å²) in [5.74, 6) is -0.866. The van der Waals surface area contributed by atoms with Gasteiger partial charge in [0.2, 0.25) is 5.91 Å². The van der Waals surface area contributed by atoms with Crippen molar-refractivity contribution in [2.75, 3.05) is 0 Å². The standard InChI is InChI=1S/C15H13NO4/c16-14(17)11-3-1-10(2-4-11)9-20-13-7-5-12(6-8-13)15(18)19/h1-8H,9H2,(H2,16,17)(H,18,19). The number of rotatable bonds is 5. The Labute approximate surface area is 115 Å². The van der Waals surface area contributed by atoms with Crippen LogP contribution in [0.15, 0.2) is 48.5 Å². The van der Waals surface area contributed by atoms with Gasteiger partial charge in [-0.3, -0.25) is 4.79 Å². The van der Waals surface area contributed by atoms with E-state index in [1.165, 1.54) is 12.1 Å². The molecule has 0 aliphatic rings. The molecule has 0 radical (unpaired) electrons. The Hall–Kier alpha value is -2.82. The number of hydrogen-bond acceptors (Lipinski definition) is 3. The highest BCUT2D eigenvalue weighted by molar-refractivity contribution is 5.92. The first-order valence-corrected chi connectivity index (χ1v) is 5.91. The monoisotopic (exact) mass is 271 g/mol. The van der Waals surface area contributed by atoms with Gasteiger partial charge in [0.1, 0.15) is 12.4 Å². The molecule has 5 nitrogen and oxygen atoms in total. The highest BCUT2D eigenvalue weighted by Gasteiger charge is 2.03. The lowest BCUT2D eigenvalue weighted by Crippen LogP contribution is -2.10. The van der Waals surface area contributed by atoms with E-state index in [0.29, 0.717) is 17.9 Å². The van der Waals surface area contributed by atoms with E-state index >= 15 is 0 Å². The van der Waals surface area contributed by atoms with Crippen molar-refractivity contribution in [3.63, 3.8) is 0 Å². The highest BCUT2D eigenvalue weighted by Crippen LogP contribution is 2.14. The molecule has 3 N–H and O–H groups in total. The van der Waals surface area contributed by atoms with Crippen LogP contribution in [0.25, 0.3) is 0 Å². The Kier molecular flexibility index (Phi) is 4.00. The minimum atomic E-state index is -0.974. The Morgan fingerprint density at radius 3 is 2.00 bits per heavy atom. The quantitative estimate of drug-likeness (QED) is 0.871. The number of carboxylic acid groups (broad SMARTS) is 1. The summed E-state index contributed by atoms with van der Waals surface area (Å²) >= 11 is 0. The number of nitrogens with two attached hydrogens (primary N) is 1. The molecule has 2 aromatic rings. The highest BCUT2D eigenvalue weighted by atomic mass is 16.5. The van der Waals surface area contributed by atoms with Gasteiger partial charge in [-0.25, -0.2) is 4.79 Å². The number of ether oxygens (including phenoxy) is 1. The maximum atomic E-state index is 10.9. The van der Waals surface area contributed by atoms with Gasteiger partial charge in [0.25, 0.3) is 0 Å². The molecule has 0 fully saturated rings. The normalized spacial score (nSPS) is 10.0. The average Bonchev–Trinajstić information content (AvgIpc) is 2.46. The van der Waals surface area contributed by atoms with E-state index in [1.807, 2.05) is 0 Å². The molecule has 0 saturated heterocycles. The number of primary amides is 1. The molecule has 0 unspecified atom stereocenters. The van der Waals surface area contributed by atoms with Crippen LogP contribution >= 0.6 is 0 Å². The van der Waals surface area contributed by atoms with Gasteiger partial charge in [-0.1, -0.05) is 12.1 Å². The van der Waals surface area contributed by atoms with Crippen molar-refractivity contribution in [3.05, 3.63) is 65.2 Å². The summed E-state index contributed by atoms with van der Waals surface area (Å²) in [4.78, 5) is 21.6. The van der Waals surface area contributed by atoms with Crippen LogP contribution in [0.5, 0.6) is 5.75 Å². The molecule has 0 bridgehead atoms. The van der Waals surface area contributed by atoms with Crippen molar-refractivity contribution in [1.82, 2.24) is 0 Å². The summed E-state index contributed by atoms with van der Waals surface area (Å²) in [7, 11) is 0. The molecular weight excluding hydrogens is 258 g/mol. The molecule has 2 aromatic carbocycles. The minimum absolute atomic E-state index is 0.211. The second-order valence-corrected chi connectivity index (χ2v) is 4.18. The number of aromatic carboxylic acids is 1. The number of carboxylic acids is 1. The fourth-order valence-electron chi connectivity index (χ4n) is 1.63. The fraction of sp³-hybridized carbons (Fsp3) is 0.0667. The zero-order valence-corrected chi connectivity index (χ0v) is 10.6. The number of hydrogen-bond donors (Lipinski definition) is 2. The summed E-state index contributed by atoms with van der Waals surface area (Å²) in [5.41, 5.74) is 6.69. The minimum Gasteiger partial charge on any atom is -0.489 e. The van der Waals surface area contributed by atoms with Crippen LogP contribution in [0, 0.1) is 0 Å². The molecule has 0 aliphatic carbocycles. The lowest BCUT2D eigenvalue weighted by Gasteiger charge is -2.07. The second-order valence-electron chi connectivity index (χ2n) is 4.18. The largest absolute Gasteiger partial charge is 0.489 e. The summed E-state index contributed by atoms with van der Waals surface area (Å²) in [6.07, 6.45) is 0. The number of amides is 1. The molecule has 0 spiro atoms. The molecule has 0 heterocycles. The van der Waals surface area contributed by atoms with Crippen LogP contribution < -0.4 is 10.5 Å². The van der Waals surface area contributed by atoms with E-state index in [1.54, 1.807) is 36.4 Å². The molecule has 0 aromatic heterocycles. The average molecular weight is 271 g/mol. The van der Waals surface area contributed by atoms with Crippen molar-refractivity contribution in [1.29, 1.82) is 0 Å². The number of carbonyl (C=O) groups is 2. The van der Waals surface area contributed by atoms with Crippen LogP contribution in [0.1, 0.15) is 26.3 Å². The smallest absolute Gasteiger partial charge is 0.335 e. The summed E-state index contributed by atoms with van der Waals surface area (Å²) in [6, 6.07) is 12.9. The summed E-state index contributed by atoms with van der Waals surface area (Å²) in [5, 5.41) is 8.78. The van der Waals surface area contributed by atoms with Crippen LogP contribution in [-0.2, 0) is 6.61 Å². The lowest BCUT2D eigenvalue weighted by atomic mass is 10.1. The van der Waals surface area contributed by atoms with Gasteiger partial charge < -0.3 is 15.6 Å². The molecule has 5 heteroatoms. The molecule has 2 rings (SSSR count). The van der Waals surface area contributed by atoms with Crippen LogP contribution in [-0.4, -0.2) is 17.0 Å². The lowest BCUT2D eigenvalue weighted by molar-refractivity contribution is 0.0696. The molecule has 0 saturated carbocycles.